The number of anilines is 2. The molecule has 2 atom stereocenters. The minimum Gasteiger partial charge on any atom is -0.420 e. The number of nitrogens with one attached hydrogen (secondary N) is 3. The summed E-state index contributed by atoms with van der Waals surface area (Å²) >= 11 is 4.82. The van der Waals surface area contributed by atoms with Gasteiger partial charge in [-0.3, -0.25) is 9.89 Å². The van der Waals surface area contributed by atoms with Crippen molar-refractivity contribution in [3.63, 3.8) is 0 Å². The van der Waals surface area contributed by atoms with Crippen LogP contribution < -0.4 is 20.3 Å². The summed E-state index contributed by atoms with van der Waals surface area (Å²) in [5.74, 6) is -0.182. The van der Waals surface area contributed by atoms with Crippen LogP contribution in [0.1, 0.15) is 49.0 Å². The van der Waals surface area contributed by atoms with Crippen molar-refractivity contribution in [2.75, 3.05) is 23.8 Å². The fraction of sp³-hybridized carbons (Fsp3) is 0.385. The van der Waals surface area contributed by atoms with E-state index in [-0.39, 0.29) is 29.7 Å². The van der Waals surface area contributed by atoms with Crippen molar-refractivity contribution in [3.8, 4) is 17.0 Å². The number of nitrogens with zero attached hydrogens (tertiary/aromatic N) is 2. The van der Waals surface area contributed by atoms with E-state index in [4.69, 9.17) is 11.6 Å². The summed E-state index contributed by atoms with van der Waals surface area (Å²) in [5.41, 5.74) is 1.11. The van der Waals surface area contributed by atoms with E-state index >= 15 is 0 Å². The third-order valence-electron chi connectivity index (χ3n) is 6.43. The number of alkyl halides is 3. The van der Waals surface area contributed by atoms with E-state index in [9.17, 15) is 13.6 Å². The lowest BCUT2D eigenvalue weighted by Gasteiger charge is -2.34. The highest BCUT2D eigenvalue weighted by molar-refractivity contribution is 6.20. The zero-order valence-electron chi connectivity index (χ0n) is 20.6. The number of benzene rings is 2. The lowest BCUT2D eigenvalue weighted by atomic mass is 9.89. The molecule has 0 saturated heterocycles. The summed E-state index contributed by atoms with van der Waals surface area (Å²) < 4.78 is 30.1. The average molecular weight is 518 g/mol. The lowest BCUT2D eigenvalue weighted by Crippen LogP contribution is -2.44. The van der Waals surface area contributed by atoms with Gasteiger partial charge in [-0.25, -0.2) is 0 Å². The number of ether oxygens (including phenoxy) is 1. The van der Waals surface area contributed by atoms with Gasteiger partial charge < -0.3 is 20.3 Å². The second-order valence-corrected chi connectivity index (χ2v) is 9.54. The Bertz CT molecular complexity index is 1200. The molecule has 0 bridgehead atoms. The van der Waals surface area contributed by atoms with Gasteiger partial charge in [0, 0.05) is 59.2 Å². The van der Waals surface area contributed by atoms with E-state index in [1.807, 2.05) is 25.2 Å². The Labute approximate surface area is 214 Å². The molecule has 0 saturated carbocycles. The van der Waals surface area contributed by atoms with Crippen LogP contribution in [0, 0.1) is 0 Å². The number of carbonyl (C=O) groups is 1. The molecule has 7 nitrogen and oxygen atoms in total. The van der Waals surface area contributed by atoms with E-state index < -0.39 is 5.57 Å². The molecule has 1 amide bonds. The summed E-state index contributed by atoms with van der Waals surface area (Å²) in [6.07, 6.45) is 2.61. The van der Waals surface area contributed by atoms with Crippen molar-refractivity contribution < 1.29 is 18.3 Å². The summed E-state index contributed by atoms with van der Waals surface area (Å²) in [5, 5.41) is 13.4. The molecule has 1 aliphatic rings. The van der Waals surface area contributed by atoms with Gasteiger partial charge in [0.25, 0.3) is 5.91 Å². The molecule has 2 aromatic carbocycles. The molecule has 192 valence electrons. The Hall–Kier alpha value is -3.17. The second kappa shape index (κ2) is 10.4. The van der Waals surface area contributed by atoms with Crippen LogP contribution in [0.2, 0.25) is 0 Å². The Morgan fingerprint density at radius 2 is 1.97 bits per heavy atom. The molecule has 1 aromatic heterocycles. The molecule has 3 N–H and O–H groups in total. The lowest BCUT2D eigenvalue weighted by molar-refractivity contribution is -0.0964. The van der Waals surface area contributed by atoms with Gasteiger partial charge in [-0.15, -0.1) is 8.78 Å². The first kappa shape index (κ1) is 25.9. The molecule has 0 radical (unpaired) electrons. The van der Waals surface area contributed by atoms with Gasteiger partial charge in [0.2, 0.25) is 0 Å². The van der Waals surface area contributed by atoms with Crippen LogP contribution in [0.4, 0.5) is 20.2 Å². The molecule has 0 spiro atoms. The highest BCUT2D eigenvalue weighted by atomic mass is 35.5. The minimum absolute atomic E-state index is 0.109. The molecule has 0 aliphatic carbocycles. The van der Waals surface area contributed by atoms with Gasteiger partial charge in [-0.1, -0.05) is 6.92 Å². The van der Waals surface area contributed by atoms with Crippen LogP contribution in [-0.2, 0) is 0 Å². The van der Waals surface area contributed by atoms with E-state index in [1.165, 1.54) is 24.3 Å². The molecule has 2 heterocycles. The molecule has 36 heavy (non-hydrogen) atoms. The van der Waals surface area contributed by atoms with Gasteiger partial charge in [0.05, 0.1) is 11.4 Å². The van der Waals surface area contributed by atoms with Crippen LogP contribution in [0.15, 0.2) is 48.7 Å². The maximum Gasteiger partial charge on any atom is 0.487 e. The zero-order chi connectivity index (χ0) is 26.0. The van der Waals surface area contributed by atoms with Gasteiger partial charge in [0.15, 0.2) is 0 Å². The molecule has 4 rings (SSSR count). The van der Waals surface area contributed by atoms with Crippen molar-refractivity contribution in [2.45, 2.75) is 50.8 Å². The molecule has 2 unspecified atom stereocenters. The van der Waals surface area contributed by atoms with Crippen molar-refractivity contribution >= 4 is 28.9 Å². The molecular formula is C26H30ClF2N5O2. The summed E-state index contributed by atoms with van der Waals surface area (Å²) in [7, 11) is 1.95. The number of carbonyl (C=O) groups excluding carboxylic acids is 1. The largest absolute Gasteiger partial charge is 0.487 e. The molecule has 10 heteroatoms. The van der Waals surface area contributed by atoms with E-state index in [2.05, 4.69) is 51.2 Å². The van der Waals surface area contributed by atoms with Crippen LogP contribution in [-0.4, -0.2) is 47.3 Å². The van der Waals surface area contributed by atoms with Crippen LogP contribution in [0.5, 0.6) is 5.75 Å². The highest BCUT2D eigenvalue weighted by Crippen LogP contribution is 2.49. The first-order valence-corrected chi connectivity index (χ1v) is 12.3. The van der Waals surface area contributed by atoms with Crippen molar-refractivity contribution in [1.29, 1.82) is 0 Å². The number of rotatable bonds is 9. The quantitative estimate of drug-likeness (QED) is 0.312. The summed E-state index contributed by atoms with van der Waals surface area (Å²) in [6, 6.07) is 11.8. The topological polar surface area (TPSA) is 82.3 Å². The van der Waals surface area contributed by atoms with Crippen LogP contribution >= 0.6 is 11.6 Å². The Morgan fingerprint density at radius 3 is 2.53 bits per heavy atom. The maximum atomic E-state index is 13.3. The average Bonchev–Trinajstić information content (AvgIpc) is 3.45. The van der Waals surface area contributed by atoms with Crippen LogP contribution in [0.3, 0.4) is 0 Å². The van der Waals surface area contributed by atoms with E-state index in [0.29, 0.717) is 11.3 Å². The Balaban J connectivity index is 1.72. The first-order chi connectivity index (χ1) is 17.1. The predicted octanol–water partition coefficient (Wildman–Crippen LogP) is 5.81. The number of H-pyrrole nitrogens is 1. The number of likely N-dealkylation sites (N-methyl/N-ethyl adjacent to an activating group) is 1. The number of amides is 1. The monoisotopic (exact) mass is 517 g/mol. The highest BCUT2D eigenvalue weighted by Gasteiger charge is 2.40. The third-order valence-corrected chi connectivity index (χ3v) is 6.50. The fourth-order valence-corrected chi connectivity index (χ4v) is 5.15. The maximum absolute atomic E-state index is 13.3. The van der Waals surface area contributed by atoms with Gasteiger partial charge in [-0.05, 0) is 75.3 Å². The number of halogens is 3. The summed E-state index contributed by atoms with van der Waals surface area (Å²) in [6.45, 7) is 7.33. The normalized spacial score (nSPS) is 17.4. The summed E-state index contributed by atoms with van der Waals surface area (Å²) in [4.78, 5) is 15.8. The van der Waals surface area contributed by atoms with E-state index in [0.717, 1.165) is 35.5 Å². The minimum atomic E-state index is -3.80. The van der Waals surface area contributed by atoms with Gasteiger partial charge in [0.1, 0.15) is 5.75 Å². The van der Waals surface area contributed by atoms with Crippen molar-refractivity contribution in [1.82, 2.24) is 15.5 Å². The number of aromatic nitrogens is 2. The predicted molar refractivity (Wildman–Crippen MR) is 138 cm³/mol. The Kier molecular flexibility index (Phi) is 7.51. The third kappa shape index (κ3) is 5.32. The first-order valence-electron chi connectivity index (χ1n) is 11.9. The van der Waals surface area contributed by atoms with Crippen LogP contribution in [0.25, 0.3) is 11.3 Å². The Morgan fingerprint density at radius 1 is 1.25 bits per heavy atom. The standard InChI is InChI=1S/C26H30ClF2N5O2/c1-5-19-20-12-16(25(35)32-17-6-8-18(9-7-17)36-26(27,28)29)13-21(22-10-11-31-33-22)24(20)34(15(2)3)23(19)14-30-4/h6-13,15,19,23,30H,5,14H2,1-4H3,(H,31,33)(H,32,35). The van der Waals surface area contributed by atoms with Crippen molar-refractivity contribution in [2.24, 2.45) is 0 Å². The molecule has 3 aromatic rings. The molecular weight excluding hydrogens is 488 g/mol. The number of aromatic amines is 1. The molecule has 1 aliphatic heterocycles. The SMILES string of the molecule is CCC1c2cc(C(=O)Nc3ccc(OC(F)(F)Cl)cc3)cc(-c3ccn[nH]3)c2N(C(C)C)C1CNC. The number of hydrogen-bond acceptors (Lipinski definition) is 5. The van der Waals surface area contributed by atoms with Crippen molar-refractivity contribution in [3.05, 3.63) is 59.8 Å². The van der Waals surface area contributed by atoms with E-state index in [1.54, 1.807) is 6.20 Å². The number of fused-ring (bicyclic) bond motifs is 1. The van der Waals surface area contributed by atoms with Gasteiger partial charge in [-0.2, -0.15) is 5.10 Å². The fourth-order valence-electron chi connectivity index (χ4n) is 5.06. The second-order valence-electron chi connectivity index (χ2n) is 9.10. The van der Waals surface area contributed by atoms with Gasteiger partial charge >= 0.3 is 5.57 Å². The number of hydrogen-bond donors (Lipinski definition) is 3. The molecule has 0 fully saturated rings. The smallest absolute Gasteiger partial charge is 0.420 e. The zero-order valence-corrected chi connectivity index (χ0v) is 21.4.